The predicted molar refractivity (Wildman–Crippen MR) is 129 cm³/mol. The number of carbonyl (C=O) groups excluding carboxylic acids is 2. The Kier molecular flexibility index (Phi) is 7.14. The van der Waals surface area contributed by atoms with Gasteiger partial charge in [0, 0.05) is 35.9 Å². The Bertz CT molecular complexity index is 1140. The molecule has 2 aromatic carbocycles. The van der Waals surface area contributed by atoms with Crippen LogP contribution in [0.3, 0.4) is 0 Å². The highest BCUT2D eigenvalue weighted by molar-refractivity contribution is 5.95. The van der Waals surface area contributed by atoms with Gasteiger partial charge in [0.1, 0.15) is 12.4 Å². The molecule has 35 heavy (non-hydrogen) atoms. The van der Waals surface area contributed by atoms with Crippen molar-refractivity contribution in [2.45, 2.75) is 37.9 Å². The second-order valence-electron chi connectivity index (χ2n) is 8.48. The first kappa shape index (κ1) is 24.0. The van der Waals surface area contributed by atoms with Gasteiger partial charge in [-0.05, 0) is 48.7 Å². The van der Waals surface area contributed by atoms with Crippen molar-refractivity contribution in [1.29, 1.82) is 0 Å². The maximum atomic E-state index is 13.6. The van der Waals surface area contributed by atoms with Crippen molar-refractivity contribution >= 4 is 17.7 Å². The normalized spacial score (nSPS) is 18.4. The van der Waals surface area contributed by atoms with Crippen LogP contribution in [-0.2, 0) is 11.3 Å². The van der Waals surface area contributed by atoms with Crippen molar-refractivity contribution in [3.8, 4) is 5.75 Å². The zero-order chi connectivity index (χ0) is 24.9. The van der Waals surface area contributed by atoms with Gasteiger partial charge in [-0.1, -0.05) is 24.8 Å². The fourth-order valence-corrected chi connectivity index (χ4v) is 4.60. The van der Waals surface area contributed by atoms with E-state index in [4.69, 9.17) is 9.47 Å². The molecule has 2 aliphatic heterocycles. The summed E-state index contributed by atoms with van der Waals surface area (Å²) in [5.41, 5.74) is 2.00. The third kappa shape index (κ3) is 5.18. The Morgan fingerprint density at radius 2 is 1.89 bits per heavy atom. The van der Waals surface area contributed by atoms with E-state index in [-0.39, 0.29) is 36.4 Å². The summed E-state index contributed by atoms with van der Waals surface area (Å²) in [5.74, 6) is 0.453. The number of hydrogen-bond acceptors (Lipinski definition) is 6. The minimum absolute atomic E-state index is 0.0691. The number of amides is 2. The minimum atomic E-state index is -0.495. The topological polar surface area (TPSA) is 102 Å². The van der Waals surface area contributed by atoms with Crippen LogP contribution < -0.4 is 4.74 Å². The van der Waals surface area contributed by atoms with Crippen LogP contribution in [0, 0.1) is 10.1 Å². The molecule has 2 aliphatic rings. The molecule has 2 atom stereocenters. The highest BCUT2D eigenvalue weighted by Crippen LogP contribution is 2.37. The summed E-state index contributed by atoms with van der Waals surface area (Å²) in [6.07, 6.45) is 5.23. The summed E-state index contributed by atoms with van der Waals surface area (Å²) >= 11 is 0. The summed E-state index contributed by atoms with van der Waals surface area (Å²) in [5, 5.41) is 11.0. The Balaban J connectivity index is 1.63. The molecule has 0 N–H and O–H groups in total. The Morgan fingerprint density at radius 1 is 1.17 bits per heavy atom. The van der Waals surface area contributed by atoms with Gasteiger partial charge in [-0.25, -0.2) is 4.79 Å². The van der Waals surface area contributed by atoms with E-state index in [0.29, 0.717) is 24.3 Å². The lowest BCUT2D eigenvalue weighted by atomic mass is 10.0. The van der Waals surface area contributed by atoms with E-state index < -0.39 is 4.92 Å². The van der Waals surface area contributed by atoms with E-state index in [1.165, 1.54) is 30.3 Å². The van der Waals surface area contributed by atoms with Crippen LogP contribution in [0.15, 0.2) is 73.0 Å². The molecule has 2 aromatic rings. The van der Waals surface area contributed by atoms with Gasteiger partial charge in [0.2, 0.25) is 0 Å². The maximum absolute atomic E-state index is 13.6. The van der Waals surface area contributed by atoms with Crippen LogP contribution in [-0.4, -0.2) is 52.5 Å². The molecule has 0 radical (unpaired) electrons. The largest absolute Gasteiger partial charge is 0.497 e. The molecule has 0 aliphatic carbocycles. The fourth-order valence-electron chi connectivity index (χ4n) is 4.60. The van der Waals surface area contributed by atoms with Gasteiger partial charge in [-0.2, -0.15) is 0 Å². The van der Waals surface area contributed by atoms with Gasteiger partial charge >= 0.3 is 6.09 Å². The number of nitro groups is 1. The van der Waals surface area contributed by atoms with Crippen molar-refractivity contribution in [1.82, 2.24) is 9.80 Å². The van der Waals surface area contributed by atoms with Crippen LogP contribution in [0.5, 0.6) is 5.75 Å². The van der Waals surface area contributed by atoms with Gasteiger partial charge < -0.3 is 14.4 Å². The van der Waals surface area contributed by atoms with E-state index in [1.807, 2.05) is 30.3 Å². The second kappa shape index (κ2) is 10.4. The van der Waals surface area contributed by atoms with Crippen molar-refractivity contribution in [3.05, 3.63) is 94.2 Å². The molecule has 2 bridgehead atoms. The molecule has 0 saturated carbocycles. The lowest BCUT2D eigenvalue weighted by Crippen LogP contribution is -2.46. The molecule has 2 heterocycles. The number of benzene rings is 2. The summed E-state index contributed by atoms with van der Waals surface area (Å²) in [6, 6.07) is 12.8. The lowest BCUT2D eigenvalue weighted by molar-refractivity contribution is -0.384. The Hall–Kier alpha value is -4.14. The van der Waals surface area contributed by atoms with Crippen LogP contribution in [0.4, 0.5) is 10.5 Å². The predicted octanol–water partition coefficient (Wildman–Crippen LogP) is 4.69. The zero-order valence-corrected chi connectivity index (χ0v) is 19.5. The average Bonchev–Trinajstić information content (AvgIpc) is 3.15. The maximum Gasteiger partial charge on any atom is 0.410 e. The number of methoxy groups -OCH3 is 1. The molecule has 4 rings (SSSR count). The molecule has 0 spiro atoms. The van der Waals surface area contributed by atoms with Crippen molar-refractivity contribution < 1.29 is 24.0 Å². The standard InChI is InChI=1S/C26H27N3O6/c1-3-14-35-26(31)28-21-10-11-22(28)16-23(15-21)27(17-18-4-12-24(34-2)13-5-18)25(30)19-6-8-20(9-7-19)29(32)33/h3-9,12-13,15,21-22H,1,10-11,14,16-17H2,2H3. The number of non-ortho nitro benzene ring substituents is 1. The van der Waals surface area contributed by atoms with E-state index in [1.54, 1.807) is 16.9 Å². The first-order valence-electron chi connectivity index (χ1n) is 11.4. The van der Waals surface area contributed by atoms with Crippen molar-refractivity contribution in [2.75, 3.05) is 13.7 Å². The Labute approximate surface area is 203 Å². The fraction of sp³-hybridized carbons (Fsp3) is 0.308. The molecule has 9 heteroatoms. The molecule has 9 nitrogen and oxygen atoms in total. The summed E-state index contributed by atoms with van der Waals surface area (Å²) in [4.78, 5) is 40.2. The van der Waals surface area contributed by atoms with Crippen molar-refractivity contribution in [2.24, 2.45) is 0 Å². The third-order valence-electron chi connectivity index (χ3n) is 6.33. The van der Waals surface area contributed by atoms with Crippen LogP contribution in [0.2, 0.25) is 0 Å². The number of carbonyl (C=O) groups is 2. The summed E-state index contributed by atoms with van der Waals surface area (Å²) in [6.45, 7) is 4.04. The molecule has 2 unspecified atom stereocenters. The van der Waals surface area contributed by atoms with E-state index >= 15 is 0 Å². The molecule has 0 aromatic heterocycles. The van der Waals surface area contributed by atoms with Gasteiger partial charge in [0.25, 0.3) is 11.6 Å². The smallest absolute Gasteiger partial charge is 0.410 e. The van der Waals surface area contributed by atoms with Gasteiger partial charge in [-0.3, -0.25) is 19.8 Å². The number of nitrogens with zero attached hydrogens (tertiary/aromatic N) is 3. The van der Waals surface area contributed by atoms with Crippen LogP contribution in [0.1, 0.15) is 35.2 Å². The van der Waals surface area contributed by atoms with E-state index in [2.05, 4.69) is 6.58 Å². The molecule has 1 fully saturated rings. The molecule has 2 amide bonds. The summed E-state index contributed by atoms with van der Waals surface area (Å²) in [7, 11) is 1.59. The SMILES string of the molecule is C=CCOC(=O)N1C2C=C(N(Cc3ccc(OC)cc3)C(=O)c3ccc([N+](=O)[O-])cc3)CC1CC2. The highest BCUT2D eigenvalue weighted by atomic mass is 16.6. The number of nitro benzene ring substituents is 1. The number of rotatable bonds is 8. The molecular formula is C26H27N3O6. The minimum Gasteiger partial charge on any atom is -0.497 e. The quantitative estimate of drug-likeness (QED) is 0.311. The third-order valence-corrected chi connectivity index (χ3v) is 6.33. The van der Waals surface area contributed by atoms with Crippen LogP contribution in [0.25, 0.3) is 0 Å². The first-order chi connectivity index (χ1) is 16.9. The number of fused-ring (bicyclic) bond motifs is 2. The zero-order valence-electron chi connectivity index (χ0n) is 19.5. The van der Waals surface area contributed by atoms with Crippen molar-refractivity contribution in [3.63, 3.8) is 0 Å². The number of ether oxygens (including phenoxy) is 2. The molecule has 1 saturated heterocycles. The highest BCUT2D eigenvalue weighted by Gasteiger charge is 2.42. The monoisotopic (exact) mass is 477 g/mol. The van der Waals surface area contributed by atoms with E-state index in [0.717, 1.165) is 24.1 Å². The second-order valence-corrected chi connectivity index (χ2v) is 8.48. The Morgan fingerprint density at radius 3 is 2.49 bits per heavy atom. The molecule has 182 valence electrons. The average molecular weight is 478 g/mol. The number of hydrogen-bond donors (Lipinski definition) is 0. The van der Waals surface area contributed by atoms with Gasteiger partial charge in [0.05, 0.1) is 24.6 Å². The van der Waals surface area contributed by atoms with Gasteiger partial charge in [-0.15, -0.1) is 0 Å². The molecular weight excluding hydrogens is 450 g/mol. The van der Waals surface area contributed by atoms with E-state index in [9.17, 15) is 19.7 Å². The summed E-state index contributed by atoms with van der Waals surface area (Å²) < 4.78 is 10.5. The lowest BCUT2D eigenvalue weighted by Gasteiger charge is -2.37. The first-order valence-corrected chi connectivity index (χ1v) is 11.4. The van der Waals surface area contributed by atoms with Gasteiger partial charge in [0.15, 0.2) is 0 Å². The van der Waals surface area contributed by atoms with Crippen LogP contribution >= 0.6 is 0 Å².